The highest BCUT2D eigenvalue weighted by Crippen LogP contribution is 2.17. The summed E-state index contributed by atoms with van der Waals surface area (Å²) in [4.78, 5) is 7.61. The van der Waals surface area contributed by atoms with Gasteiger partial charge < -0.3 is 10.3 Å². The average molecular weight is 217 g/mol. The van der Waals surface area contributed by atoms with Crippen molar-refractivity contribution in [1.29, 1.82) is 0 Å². The monoisotopic (exact) mass is 217 g/mol. The third-order valence-corrected chi connectivity index (χ3v) is 2.96. The summed E-state index contributed by atoms with van der Waals surface area (Å²) in [7, 11) is 0. The van der Waals surface area contributed by atoms with Crippen molar-refractivity contribution in [2.45, 2.75) is 27.2 Å². The summed E-state index contributed by atoms with van der Waals surface area (Å²) >= 11 is 0. The average Bonchev–Trinajstić information content (AvgIpc) is 2.65. The van der Waals surface area contributed by atoms with Crippen LogP contribution in [-0.2, 0) is 0 Å². The van der Waals surface area contributed by atoms with Gasteiger partial charge in [0, 0.05) is 17.6 Å². The molecule has 2 N–H and O–H groups in total. The van der Waals surface area contributed by atoms with Crippen molar-refractivity contribution >= 4 is 16.7 Å². The van der Waals surface area contributed by atoms with E-state index in [4.69, 9.17) is 0 Å². The van der Waals surface area contributed by atoms with Crippen LogP contribution < -0.4 is 5.32 Å². The third kappa shape index (κ3) is 2.35. The Morgan fingerprint density at radius 2 is 2.25 bits per heavy atom. The fourth-order valence-corrected chi connectivity index (χ4v) is 1.69. The molecule has 0 aliphatic rings. The maximum absolute atomic E-state index is 4.39. The molecule has 0 bridgehead atoms. The first-order chi connectivity index (χ1) is 7.69. The molecule has 0 spiro atoms. The number of nitrogens with zero attached hydrogens (tertiary/aromatic N) is 1. The molecule has 1 atom stereocenters. The summed E-state index contributed by atoms with van der Waals surface area (Å²) in [6.45, 7) is 7.52. The maximum atomic E-state index is 4.39. The Bertz CT molecular complexity index is 473. The van der Waals surface area contributed by atoms with E-state index in [-0.39, 0.29) is 0 Å². The molecule has 0 aromatic carbocycles. The first kappa shape index (κ1) is 11.0. The van der Waals surface area contributed by atoms with Crippen molar-refractivity contribution in [3.63, 3.8) is 0 Å². The van der Waals surface area contributed by atoms with E-state index in [1.807, 2.05) is 13.1 Å². The highest BCUT2D eigenvalue weighted by atomic mass is 14.9. The topological polar surface area (TPSA) is 40.7 Å². The van der Waals surface area contributed by atoms with Crippen LogP contribution in [0.3, 0.4) is 0 Å². The summed E-state index contributed by atoms with van der Waals surface area (Å²) < 4.78 is 0. The van der Waals surface area contributed by atoms with Gasteiger partial charge in [-0.15, -0.1) is 0 Å². The van der Waals surface area contributed by atoms with Gasteiger partial charge in [-0.25, -0.2) is 4.98 Å². The van der Waals surface area contributed by atoms with Crippen LogP contribution in [0.25, 0.3) is 11.0 Å². The zero-order valence-electron chi connectivity index (χ0n) is 10.2. The first-order valence-corrected chi connectivity index (χ1v) is 5.88. The second-order valence-corrected chi connectivity index (χ2v) is 4.51. The second-order valence-electron chi connectivity index (χ2n) is 4.51. The Hall–Kier alpha value is -1.51. The zero-order chi connectivity index (χ0) is 11.5. The molecule has 0 fully saturated rings. The molecule has 16 heavy (non-hydrogen) atoms. The molecule has 2 aromatic rings. The molecule has 0 saturated heterocycles. The van der Waals surface area contributed by atoms with Gasteiger partial charge in [0.15, 0.2) is 0 Å². The van der Waals surface area contributed by atoms with Crippen LogP contribution in [0, 0.1) is 12.8 Å². The summed E-state index contributed by atoms with van der Waals surface area (Å²) in [5, 5.41) is 4.59. The molecule has 0 aliphatic heterocycles. The third-order valence-electron chi connectivity index (χ3n) is 2.96. The highest BCUT2D eigenvalue weighted by molar-refractivity contribution is 5.79. The fraction of sp³-hybridized carbons (Fsp3) is 0.462. The van der Waals surface area contributed by atoms with E-state index in [9.17, 15) is 0 Å². The van der Waals surface area contributed by atoms with Crippen molar-refractivity contribution in [3.8, 4) is 0 Å². The molecule has 1 unspecified atom stereocenters. The molecule has 0 amide bonds. The molecule has 0 aliphatic carbocycles. The molecule has 3 heteroatoms. The van der Waals surface area contributed by atoms with Crippen molar-refractivity contribution in [3.05, 3.63) is 24.0 Å². The van der Waals surface area contributed by atoms with Crippen LogP contribution in [0.15, 0.2) is 18.3 Å². The smallest absolute Gasteiger partial charge is 0.137 e. The van der Waals surface area contributed by atoms with Gasteiger partial charge in [0.2, 0.25) is 0 Å². The Morgan fingerprint density at radius 3 is 3.00 bits per heavy atom. The number of hydrogen-bond acceptors (Lipinski definition) is 2. The first-order valence-electron chi connectivity index (χ1n) is 5.88. The quantitative estimate of drug-likeness (QED) is 0.824. The van der Waals surface area contributed by atoms with Crippen LogP contribution in [0.1, 0.15) is 26.0 Å². The molecule has 0 saturated carbocycles. The molecule has 0 radical (unpaired) electrons. The van der Waals surface area contributed by atoms with E-state index in [0.29, 0.717) is 5.92 Å². The van der Waals surface area contributed by atoms with Gasteiger partial charge >= 0.3 is 0 Å². The molecule has 3 nitrogen and oxygen atoms in total. The van der Waals surface area contributed by atoms with Crippen LogP contribution in [0.4, 0.5) is 5.69 Å². The van der Waals surface area contributed by atoms with Gasteiger partial charge in [-0.2, -0.15) is 0 Å². The minimum Gasteiger partial charge on any atom is -0.384 e. The number of H-pyrrole nitrogens is 1. The van der Waals surface area contributed by atoms with Gasteiger partial charge in [0.25, 0.3) is 0 Å². The minimum absolute atomic E-state index is 0.698. The lowest BCUT2D eigenvalue weighted by Gasteiger charge is -2.10. The molecular weight excluding hydrogens is 198 g/mol. The summed E-state index contributed by atoms with van der Waals surface area (Å²) in [5.74, 6) is 0.698. The number of fused-ring (bicyclic) bond motifs is 1. The number of nitrogens with one attached hydrogen (secondary N) is 2. The Morgan fingerprint density at radius 1 is 1.44 bits per heavy atom. The zero-order valence-corrected chi connectivity index (χ0v) is 10.2. The number of pyridine rings is 1. The molecule has 2 rings (SSSR count). The van der Waals surface area contributed by atoms with Crippen LogP contribution in [0.2, 0.25) is 0 Å². The predicted molar refractivity (Wildman–Crippen MR) is 68.8 cm³/mol. The maximum Gasteiger partial charge on any atom is 0.137 e. The SMILES string of the molecule is CCC(C)CNc1cnc2[nH]c(C)cc2c1. The van der Waals surface area contributed by atoms with E-state index in [2.05, 4.69) is 41.3 Å². The van der Waals surface area contributed by atoms with E-state index in [1.165, 1.54) is 11.8 Å². The van der Waals surface area contributed by atoms with Gasteiger partial charge in [-0.05, 0) is 25.0 Å². The van der Waals surface area contributed by atoms with Gasteiger partial charge in [0.05, 0.1) is 11.9 Å². The van der Waals surface area contributed by atoms with Crippen molar-refractivity contribution < 1.29 is 0 Å². The van der Waals surface area contributed by atoms with Gasteiger partial charge in [-0.3, -0.25) is 0 Å². The van der Waals surface area contributed by atoms with Crippen LogP contribution in [0.5, 0.6) is 0 Å². The number of aromatic amines is 1. The van der Waals surface area contributed by atoms with Gasteiger partial charge in [-0.1, -0.05) is 20.3 Å². The van der Waals surface area contributed by atoms with Crippen molar-refractivity contribution in [2.24, 2.45) is 5.92 Å². The van der Waals surface area contributed by atoms with Crippen molar-refractivity contribution in [1.82, 2.24) is 9.97 Å². The van der Waals surface area contributed by atoms with E-state index < -0.39 is 0 Å². The lowest BCUT2D eigenvalue weighted by atomic mass is 10.1. The Kier molecular flexibility index (Phi) is 3.13. The van der Waals surface area contributed by atoms with Crippen LogP contribution in [-0.4, -0.2) is 16.5 Å². The number of aromatic nitrogens is 2. The van der Waals surface area contributed by atoms with E-state index >= 15 is 0 Å². The highest BCUT2D eigenvalue weighted by Gasteiger charge is 2.02. The second kappa shape index (κ2) is 4.56. The van der Waals surface area contributed by atoms with Crippen LogP contribution >= 0.6 is 0 Å². The summed E-state index contributed by atoms with van der Waals surface area (Å²) in [5.41, 5.74) is 3.22. The summed E-state index contributed by atoms with van der Waals surface area (Å²) in [6.07, 6.45) is 3.09. The largest absolute Gasteiger partial charge is 0.384 e. The molecule has 2 heterocycles. The van der Waals surface area contributed by atoms with Crippen molar-refractivity contribution in [2.75, 3.05) is 11.9 Å². The predicted octanol–water partition coefficient (Wildman–Crippen LogP) is 3.33. The molecule has 86 valence electrons. The number of aryl methyl sites for hydroxylation is 1. The van der Waals surface area contributed by atoms with E-state index in [1.54, 1.807) is 0 Å². The fourth-order valence-electron chi connectivity index (χ4n) is 1.69. The number of rotatable bonds is 4. The summed E-state index contributed by atoms with van der Waals surface area (Å²) in [6, 6.07) is 4.27. The standard InChI is InChI=1S/C13H19N3/c1-4-9(2)7-14-12-6-11-5-10(3)16-13(11)15-8-12/h5-6,8-9,14H,4,7H2,1-3H3,(H,15,16). The number of hydrogen-bond donors (Lipinski definition) is 2. The lowest BCUT2D eigenvalue weighted by Crippen LogP contribution is -2.10. The molecular formula is C13H19N3. The van der Waals surface area contributed by atoms with Gasteiger partial charge in [0.1, 0.15) is 5.65 Å². The Labute approximate surface area is 96.3 Å². The minimum atomic E-state index is 0.698. The van der Waals surface area contributed by atoms with E-state index in [0.717, 1.165) is 23.6 Å². The number of anilines is 1. The molecule has 2 aromatic heterocycles. The lowest BCUT2D eigenvalue weighted by molar-refractivity contribution is 0.593. The Balaban J connectivity index is 2.13. The normalized spacial score (nSPS) is 12.9.